The minimum atomic E-state index is -0.0890. The molecular formula is C19H19N3O4S2. The molecule has 7 nitrogen and oxygen atoms in total. The molecule has 0 radical (unpaired) electrons. The number of thiophene rings is 1. The molecule has 2 aromatic heterocycles. The summed E-state index contributed by atoms with van der Waals surface area (Å²) in [6, 6.07) is 7.48. The lowest BCUT2D eigenvalue weighted by atomic mass is 10.2. The topological polar surface area (TPSA) is 73.7 Å². The van der Waals surface area contributed by atoms with Crippen molar-refractivity contribution in [1.29, 1.82) is 0 Å². The highest BCUT2D eigenvalue weighted by Crippen LogP contribution is 2.32. The summed E-state index contributed by atoms with van der Waals surface area (Å²) in [7, 11) is 1.68. The van der Waals surface area contributed by atoms with Crippen molar-refractivity contribution in [1.82, 2.24) is 14.5 Å². The number of thioether (sulfide) groups is 1. The molecule has 4 rings (SSSR count). The van der Waals surface area contributed by atoms with E-state index in [1.165, 1.54) is 27.7 Å². The van der Waals surface area contributed by atoms with Crippen molar-refractivity contribution in [2.24, 2.45) is 7.05 Å². The lowest BCUT2D eigenvalue weighted by Gasteiger charge is -2.21. The van der Waals surface area contributed by atoms with E-state index in [0.29, 0.717) is 34.2 Å². The van der Waals surface area contributed by atoms with E-state index in [9.17, 15) is 9.59 Å². The van der Waals surface area contributed by atoms with Gasteiger partial charge in [0, 0.05) is 20.1 Å². The number of fused-ring (bicyclic) bond motifs is 2. The molecule has 1 amide bonds. The van der Waals surface area contributed by atoms with E-state index < -0.39 is 0 Å². The van der Waals surface area contributed by atoms with Gasteiger partial charge in [-0.3, -0.25) is 14.2 Å². The summed E-state index contributed by atoms with van der Waals surface area (Å²) in [5.41, 5.74) is 0.892. The predicted octanol–water partition coefficient (Wildman–Crippen LogP) is 2.86. The number of hydrogen-bond acceptors (Lipinski definition) is 7. The highest BCUT2D eigenvalue weighted by Gasteiger charge is 2.18. The average Bonchev–Trinajstić information content (AvgIpc) is 3.36. The SMILES string of the molecule is CCN(Cc1ccc2c(c1)OCO2)C(=O)CSc1nc2sccc2c(=O)n1C. The number of hydrogen-bond donors (Lipinski definition) is 0. The Labute approximate surface area is 169 Å². The molecule has 28 heavy (non-hydrogen) atoms. The van der Waals surface area contributed by atoms with Gasteiger partial charge in [-0.15, -0.1) is 11.3 Å². The fourth-order valence-corrected chi connectivity index (χ4v) is 4.64. The monoisotopic (exact) mass is 417 g/mol. The van der Waals surface area contributed by atoms with Crippen LogP contribution in [0.1, 0.15) is 12.5 Å². The Morgan fingerprint density at radius 3 is 2.96 bits per heavy atom. The number of nitrogens with zero attached hydrogens (tertiary/aromatic N) is 3. The molecule has 0 unspecified atom stereocenters. The van der Waals surface area contributed by atoms with Gasteiger partial charge in [0.2, 0.25) is 12.7 Å². The Hall–Kier alpha value is -2.52. The van der Waals surface area contributed by atoms with Crippen LogP contribution in [0.15, 0.2) is 39.6 Å². The number of benzene rings is 1. The number of ether oxygens (including phenoxy) is 2. The molecule has 146 valence electrons. The van der Waals surface area contributed by atoms with Crippen LogP contribution < -0.4 is 15.0 Å². The number of carbonyl (C=O) groups is 1. The molecule has 1 aromatic carbocycles. The lowest BCUT2D eigenvalue weighted by molar-refractivity contribution is -0.128. The van der Waals surface area contributed by atoms with Gasteiger partial charge in [-0.05, 0) is 36.1 Å². The van der Waals surface area contributed by atoms with E-state index in [2.05, 4.69) is 4.98 Å². The number of rotatable bonds is 6. The van der Waals surface area contributed by atoms with Gasteiger partial charge in [-0.1, -0.05) is 17.8 Å². The first kappa shape index (κ1) is 18.8. The van der Waals surface area contributed by atoms with E-state index in [1.54, 1.807) is 18.0 Å². The summed E-state index contributed by atoms with van der Waals surface area (Å²) in [4.78, 5) is 32.1. The van der Waals surface area contributed by atoms with Crippen LogP contribution in [-0.2, 0) is 18.4 Å². The highest BCUT2D eigenvalue weighted by atomic mass is 32.2. The first-order valence-corrected chi connectivity index (χ1v) is 10.7. The lowest BCUT2D eigenvalue weighted by Crippen LogP contribution is -2.32. The van der Waals surface area contributed by atoms with Gasteiger partial charge in [0.05, 0.1) is 11.1 Å². The highest BCUT2D eigenvalue weighted by molar-refractivity contribution is 7.99. The first-order valence-electron chi connectivity index (χ1n) is 8.80. The maximum atomic E-state index is 12.7. The second-order valence-electron chi connectivity index (χ2n) is 6.28. The molecule has 0 spiro atoms. The van der Waals surface area contributed by atoms with Gasteiger partial charge in [-0.25, -0.2) is 4.98 Å². The van der Waals surface area contributed by atoms with E-state index in [4.69, 9.17) is 9.47 Å². The van der Waals surface area contributed by atoms with Crippen LogP contribution in [0, 0.1) is 0 Å². The van der Waals surface area contributed by atoms with Crippen molar-refractivity contribution in [2.75, 3.05) is 19.1 Å². The van der Waals surface area contributed by atoms with Crippen molar-refractivity contribution in [3.05, 3.63) is 45.6 Å². The van der Waals surface area contributed by atoms with E-state index in [1.807, 2.05) is 30.5 Å². The maximum absolute atomic E-state index is 12.7. The Bertz CT molecular complexity index is 1090. The molecule has 9 heteroatoms. The normalized spacial score (nSPS) is 12.5. The zero-order chi connectivity index (χ0) is 19.7. The molecule has 0 fully saturated rings. The maximum Gasteiger partial charge on any atom is 0.262 e. The Kier molecular flexibility index (Phi) is 5.27. The van der Waals surface area contributed by atoms with Crippen LogP contribution in [0.25, 0.3) is 10.2 Å². The van der Waals surface area contributed by atoms with Crippen LogP contribution >= 0.6 is 23.1 Å². The van der Waals surface area contributed by atoms with Gasteiger partial charge in [0.1, 0.15) is 4.83 Å². The minimum Gasteiger partial charge on any atom is -0.454 e. The van der Waals surface area contributed by atoms with Crippen molar-refractivity contribution < 1.29 is 14.3 Å². The summed E-state index contributed by atoms with van der Waals surface area (Å²) < 4.78 is 12.2. The number of amides is 1. The molecule has 0 aliphatic carbocycles. The Morgan fingerprint density at radius 1 is 1.32 bits per heavy atom. The molecule has 0 bridgehead atoms. The molecule has 0 N–H and O–H groups in total. The van der Waals surface area contributed by atoms with Gasteiger partial charge >= 0.3 is 0 Å². The molecule has 1 aliphatic rings. The summed E-state index contributed by atoms with van der Waals surface area (Å²) in [6.45, 7) is 3.25. The third-order valence-corrected chi connectivity index (χ3v) is 6.35. The summed E-state index contributed by atoms with van der Waals surface area (Å²) in [5.74, 6) is 1.64. The zero-order valence-electron chi connectivity index (χ0n) is 15.5. The van der Waals surface area contributed by atoms with E-state index in [-0.39, 0.29) is 24.0 Å². The fourth-order valence-electron chi connectivity index (χ4n) is 2.96. The molecule has 0 atom stereocenters. The second-order valence-corrected chi connectivity index (χ2v) is 8.12. The minimum absolute atomic E-state index is 0.00862. The van der Waals surface area contributed by atoms with Crippen LogP contribution in [-0.4, -0.2) is 39.4 Å². The standard InChI is InChI=1S/C19H19N3O4S2/c1-3-22(9-12-4-5-14-15(8-12)26-11-25-14)16(23)10-28-19-20-17-13(6-7-27-17)18(24)21(19)2/h4-8H,3,9-11H2,1-2H3. The predicted molar refractivity (Wildman–Crippen MR) is 109 cm³/mol. The van der Waals surface area contributed by atoms with Gasteiger partial charge in [0.15, 0.2) is 16.7 Å². The summed E-state index contributed by atoms with van der Waals surface area (Å²) in [5, 5.41) is 3.01. The molecule has 1 aliphatic heterocycles. The van der Waals surface area contributed by atoms with Crippen LogP contribution in [0.3, 0.4) is 0 Å². The van der Waals surface area contributed by atoms with Gasteiger partial charge < -0.3 is 14.4 Å². The molecule has 0 saturated heterocycles. The van der Waals surface area contributed by atoms with E-state index in [0.717, 1.165) is 11.3 Å². The fraction of sp³-hybridized carbons (Fsp3) is 0.316. The molecule has 0 saturated carbocycles. The van der Waals surface area contributed by atoms with Crippen molar-refractivity contribution in [2.45, 2.75) is 18.6 Å². The Morgan fingerprint density at radius 2 is 2.14 bits per heavy atom. The third kappa shape index (κ3) is 3.59. The van der Waals surface area contributed by atoms with Crippen LogP contribution in [0.5, 0.6) is 11.5 Å². The van der Waals surface area contributed by atoms with Crippen molar-refractivity contribution in [3.8, 4) is 11.5 Å². The molecule has 3 aromatic rings. The Balaban J connectivity index is 1.45. The summed E-state index contributed by atoms with van der Waals surface area (Å²) in [6.07, 6.45) is 0. The largest absolute Gasteiger partial charge is 0.454 e. The van der Waals surface area contributed by atoms with Gasteiger partial charge in [-0.2, -0.15) is 0 Å². The van der Waals surface area contributed by atoms with Crippen molar-refractivity contribution in [3.63, 3.8) is 0 Å². The number of carbonyl (C=O) groups excluding carboxylic acids is 1. The van der Waals surface area contributed by atoms with Crippen molar-refractivity contribution >= 4 is 39.2 Å². The quantitative estimate of drug-likeness (QED) is 0.454. The first-order chi connectivity index (χ1) is 13.6. The average molecular weight is 418 g/mol. The molecule has 3 heterocycles. The van der Waals surface area contributed by atoms with Crippen LogP contribution in [0.2, 0.25) is 0 Å². The van der Waals surface area contributed by atoms with Gasteiger partial charge in [0.25, 0.3) is 5.56 Å². The van der Waals surface area contributed by atoms with Crippen LogP contribution in [0.4, 0.5) is 0 Å². The van der Waals surface area contributed by atoms with E-state index >= 15 is 0 Å². The second kappa shape index (κ2) is 7.84. The smallest absolute Gasteiger partial charge is 0.262 e. The zero-order valence-corrected chi connectivity index (χ0v) is 17.1. The molecular weight excluding hydrogens is 398 g/mol. The third-order valence-electron chi connectivity index (χ3n) is 4.53. The number of aromatic nitrogens is 2. The summed E-state index contributed by atoms with van der Waals surface area (Å²) >= 11 is 2.71.